The fourth-order valence-corrected chi connectivity index (χ4v) is 2.49. The van der Waals surface area contributed by atoms with Crippen molar-refractivity contribution < 1.29 is 13.7 Å². The van der Waals surface area contributed by atoms with Crippen molar-refractivity contribution in [1.29, 1.82) is 0 Å². The monoisotopic (exact) mass is 340 g/mol. The van der Waals surface area contributed by atoms with E-state index in [-0.39, 0.29) is 11.8 Å². The average molecular weight is 340 g/mol. The van der Waals surface area contributed by atoms with E-state index in [9.17, 15) is 4.79 Å². The summed E-state index contributed by atoms with van der Waals surface area (Å²) in [6.45, 7) is 7.32. The summed E-state index contributed by atoms with van der Waals surface area (Å²) in [6, 6.07) is 7.27. The van der Waals surface area contributed by atoms with Crippen LogP contribution >= 0.6 is 0 Å². The molecule has 1 N–H and O–H groups in total. The molecule has 3 aromatic rings. The maximum Gasteiger partial charge on any atom is 0.252 e. The van der Waals surface area contributed by atoms with Gasteiger partial charge in [-0.15, -0.1) is 0 Å². The molecule has 0 aliphatic heterocycles. The summed E-state index contributed by atoms with van der Waals surface area (Å²) in [7, 11) is 0. The van der Waals surface area contributed by atoms with Crippen LogP contribution in [0.1, 0.15) is 33.6 Å². The Morgan fingerprint density at radius 1 is 1.32 bits per heavy atom. The number of hydrogen-bond acceptors (Lipinski definition) is 6. The summed E-state index contributed by atoms with van der Waals surface area (Å²) < 4.78 is 10.8. The summed E-state index contributed by atoms with van der Waals surface area (Å²) in [5, 5.41) is 6.98. The molecule has 3 aromatic heterocycles. The zero-order chi connectivity index (χ0) is 18.0. The van der Waals surface area contributed by atoms with Gasteiger partial charge in [0.15, 0.2) is 5.76 Å². The lowest BCUT2D eigenvalue weighted by molar-refractivity contribution is -0.121. The Morgan fingerprint density at radius 3 is 2.76 bits per heavy atom. The Morgan fingerprint density at radius 2 is 2.12 bits per heavy atom. The highest BCUT2D eigenvalue weighted by Gasteiger charge is 2.37. The minimum Gasteiger partial charge on any atom is -0.463 e. The highest BCUT2D eigenvalue weighted by atomic mass is 16.5. The molecule has 130 valence electrons. The smallest absolute Gasteiger partial charge is 0.252 e. The molecule has 0 spiro atoms. The van der Waals surface area contributed by atoms with Gasteiger partial charge in [-0.2, -0.15) is 4.98 Å². The van der Waals surface area contributed by atoms with Crippen LogP contribution < -0.4 is 5.32 Å². The number of furan rings is 1. The van der Waals surface area contributed by atoms with Gasteiger partial charge in [-0.05, 0) is 37.1 Å². The first-order chi connectivity index (χ1) is 11.9. The van der Waals surface area contributed by atoms with Gasteiger partial charge in [0.2, 0.25) is 11.7 Å². The Labute approximate surface area is 145 Å². The summed E-state index contributed by atoms with van der Waals surface area (Å²) in [4.78, 5) is 20.4. The molecule has 0 bridgehead atoms. The highest BCUT2D eigenvalue weighted by Crippen LogP contribution is 2.30. The second kappa shape index (κ2) is 6.51. The second-order valence-electron chi connectivity index (χ2n) is 6.37. The van der Waals surface area contributed by atoms with Crippen molar-refractivity contribution in [3.05, 3.63) is 42.6 Å². The van der Waals surface area contributed by atoms with Crippen molar-refractivity contribution in [2.75, 3.05) is 0 Å². The molecule has 0 saturated carbocycles. The third kappa shape index (κ3) is 3.31. The third-order valence-electron chi connectivity index (χ3n) is 4.25. The van der Waals surface area contributed by atoms with Crippen molar-refractivity contribution in [3.8, 4) is 22.8 Å². The van der Waals surface area contributed by atoms with E-state index in [4.69, 9.17) is 8.94 Å². The van der Waals surface area contributed by atoms with Crippen LogP contribution in [0.15, 0.2) is 45.7 Å². The molecule has 0 saturated heterocycles. The molecular weight excluding hydrogens is 320 g/mol. The molecule has 1 unspecified atom stereocenters. The molecule has 0 aromatic carbocycles. The normalized spacial score (nSPS) is 13.6. The number of carbonyl (C=O) groups excluding carboxylic acids is 1. The summed E-state index contributed by atoms with van der Waals surface area (Å²) in [5.41, 5.74) is 0.696. The van der Waals surface area contributed by atoms with Crippen molar-refractivity contribution in [2.24, 2.45) is 5.92 Å². The predicted octanol–water partition coefficient (Wildman–Crippen LogP) is 3.40. The maximum atomic E-state index is 11.6. The number of nitrogens with one attached hydrogen (secondary N) is 1. The van der Waals surface area contributed by atoms with Gasteiger partial charge in [-0.3, -0.25) is 9.78 Å². The molecule has 0 aliphatic carbocycles. The van der Waals surface area contributed by atoms with Gasteiger partial charge in [-0.25, -0.2) is 0 Å². The van der Waals surface area contributed by atoms with Crippen LogP contribution in [0.3, 0.4) is 0 Å². The van der Waals surface area contributed by atoms with Gasteiger partial charge in [0, 0.05) is 18.7 Å². The summed E-state index contributed by atoms with van der Waals surface area (Å²) >= 11 is 0. The van der Waals surface area contributed by atoms with E-state index >= 15 is 0 Å². The van der Waals surface area contributed by atoms with E-state index in [0.29, 0.717) is 23.2 Å². The topological polar surface area (TPSA) is 94.1 Å². The highest BCUT2D eigenvalue weighted by molar-refractivity contribution is 5.74. The van der Waals surface area contributed by atoms with Crippen LogP contribution in [-0.2, 0) is 10.3 Å². The number of aromatic nitrogens is 3. The van der Waals surface area contributed by atoms with E-state index < -0.39 is 5.54 Å². The number of pyridine rings is 1. The van der Waals surface area contributed by atoms with Crippen LogP contribution in [0.5, 0.6) is 0 Å². The SMILES string of the molecule is CC(=O)NC(C)(c1nc(-c2ccnc(-c3ccco3)c2)no1)C(C)C. The van der Waals surface area contributed by atoms with E-state index in [1.165, 1.54) is 6.92 Å². The van der Waals surface area contributed by atoms with Crippen LogP contribution in [0.25, 0.3) is 22.8 Å². The first kappa shape index (κ1) is 16.9. The van der Waals surface area contributed by atoms with Gasteiger partial charge >= 0.3 is 0 Å². The van der Waals surface area contributed by atoms with Gasteiger partial charge in [0.25, 0.3) is 5.89 Å². The minimum absolute atomic E-state index is 0.0702. The molecule has 0 fully saturated rings. The zero-order valence-corrected chi connectivity index (χ0v) is 14.6. The van der Waals surface area contributed by atoms with E-state index in [0.717, 1.165) is 5.56 Å². The third-order valence-corrected chi connectivity index (χ3v) is 4.25. The van der Waals surface area contributed by atoms with Crippen molar-refractivity contribution in [2.45, 2.75) is 33.2 Å². The van der Waals surface area contributed by atoms with Gasteiger partial charge < -0.3 is 14.3 Å². The quantitative estimate of drug-likeness (QED) is 0.765. The molecule has 1 atom stereocenters. The number of amides is 1. The number of hydrogen-bond donors (Lipinski definition) is 1. The summed E-state index contributed by atoms with van der Waals surface area (Å²) in [5.74, 6) is 1.38. The van der Waals surface area contributed by atoms with Gasteiger partial charge in [-0.1, -0.05) is 19.0 Å². The van der Waals surface area contributed by atoms with E-state index in [1.54, 1.807) is 24.6 Å². The van der Waals surface area contributed by atoms with Crippen molar-refractivity contribution in [1.82, 2.24) is 20.4 Å². The van der Waals surface area contributed by atoms with Crippen LogP contribution in [0, 0.1) is 5.92 Å². The Balaban J connectivity index is 1.96. The molecule has 3 heterocycles. The molecule has 3 rings (SSSR count). The van der Waals surface area contributed by atoms with Crippen molar-refractivity contribution >= 4 is 5.91 Å². The first-order valence-electron chi connectivity index (χ1n) is 8.03. The lowest BCUT2D eigenvalue weighted by atomic mass is 9.88. The van der Waals surface area contributed by atoms with Crippen molar-refractivity contribution in [3.63, 3.8) is 0 Å². The molecule has 25 heavy (non-hydrogen) atoms. The van der Waals surface area contributed by atoms with Crippen LogP contribution in [0.4, 0.5) is 0 Å². The number of rotatable bonds is 5. The second-order valence-corrected chi connectivity index (χ2v) is 6.37. The lowest BCUT2D eigenvalue weighted by Gasteiger charge is -2.30. The average Bonchev–Trinajstić information content (AvgIpc) is 3.26. The number of nitrogens with zero attached hydrogens (tertiary/aromatic N) is 3. The Kier molecular flexibility index (Phi) is 4.39. The molecule has 7 nitrogen and oxygen atoms in total. The van der Waals surface area contributed by atoms with E-state index in [2.05, 4.69) is 20.4 Å². The fourth-order valence-electron chi connectivity index (χ4n) is 2.49. The fraction of sp³-hybridized carbons (Fsp3) is 0.333. The summed E-state index contributed by atoms with van der Waals surface area (Å²) in [6.07, 6.45) is 3.26. The van der Waals surface area contributed by atoms with Gasteiger partial charge in [0.1, 0.15) is 11.2 Å². The predicted molar refractivity (Wildman–Crippen MR) is 91.2 cm³/mol. The van der Waals surface area contributed by atoms with E-state index in [1.807, 2.05) is 32.9 Å². The van der Waals surface area contributed by atoms with Gasteiger partial charge in [0.05, 0.1) is 6.26 Å². The number of carbonyl (C=O) groups is 1. The minimum atomic E-state index is -0.742. The largest absolute Gasteiger partial charge is 0.463 e. The Hall–Kier alpha value is -2.96. The standard InChI is InChI=1S/C18H20N4O3/c1-11(2)18(4,21-12(3)23)17-20-16(22-25-17)13-7-8-19-14(10-13)15-6-5-9-24-15/h5-11H,1-4H3,(H,21,23). The molecular formula is C18H20N4O3. The molecule has 7 heteroatoms. The lowest BCUT2D eigenvalue weighted by Crippen LogP contribution is -2.46. The molecule has 0 radical (unpaired) electrons. The maximum absolute atomic E-state index is 11.6. The van der Waals surface area contributed by atoms with Crippen LogP contribution in [-0.4, -0.2) is 21.0 Å². The molecule has 1 amide bonds. The first-order valence-corrected chi connectivity index (χ1v) is 8.03. The van der Waals surface area contributed by atoms with Crippen LogP contribution in [0.2, 0.25) is 0 Å². The Bertz CT molecular complexity index is 870. The zero-order valence-electron chi connectivity index (χ0n) is 14.6. The molecule has 0 aliphatic rings.